The predicted octanol–water partition coefficient (Wildman–Crippen LogP) is 2.01. The Morgan fingerprint density at radius 2 is 2.46 bits per heavy atom. The van der Waals surface area contributed by atoms with Crippen LogP contribution in [0.2, 0.25) is 0 Å². The molecule has 0 unspecified atom stereocenters. The summed E-state index contributed by atoms with van der Waals surface area (Å²) >= 11 is 3.17. The van der Waals surface area contributed by atoms with E-state index < -0.39 is 0 Å². The second kappa shape index (κ2) is 6.18. The van der Waals surface area contributed by atoms with Crippen LogP contribution in [0.5, 0.6) is 0 Å². The van der Waals surface area contributed by atoms with E-state index >= 15 is 0 Å². The first-order valence-electron chi connectivity index (χ1n) is 4.19. The summed E-state index contributed by atoms with van der Waals surface area (Å²) in [6, 6.07) is 3.78. The third-order valence-electron chi connectivity index (χ3n) is 1.52. The Morgan fingerprint density at radius 1 is 1.62 bits per heavy atom. The molecule has 0 aromatic carbocycles. The molecule has 0 aliphatic carbocycles. The third kappa shape index (κ3) is 3.93. The van der Waals surface area contributed by atoms with Crippen molar-refractivity contribution in [3.05, 3.63) is 22.4 Å². The summed E-state index contributed by atoms with van der Waals surface area (Å²) in [6.45, 7) is 0.709. The lowest BCUT2D eigenvalue weighted by atomic mass is 10.4. The number of carbonyl (C=O) groups is 1. The number of nitrogens with two attached hydrogens (primary N) is 1. The van der Waals surface area contributed by atoms with Gasteiger partial charge in [-0.2, -0.15) is 11.8 Å². The molecule has 0 amide bonds. The van der Waals surface area contributed by atoms with Crippen molar-refractivity contribution in [2.24, 2.45) is 5.73 Å². The van der Waals surface area contributed by atoms with Crippen molar-refractivity contribution >= 4 is 28.9 Å². The summed E-state index contributed by atoms with van der Waals surface area (Å²) in [5.41, 5.74) is 5.34. The highest BCUT2D eigenvalue weighted by Crippen LogP contribution is 2.13. The van der Waals surface area contributed by atoms with E-state index in [1.54, 1.807) is 11.8 Å². The molecule has 0 radical (unpaired) electrons. The highest BCUT2D eigenvalue weighted by Gasteiger charge is 2.05. The minimum Gasteiger partial charge on any atom is -0.330 e. The van der Waals surface area contributed by atoms with Crippen molar-refractivity contribution in [3.8, 4) is 0 Å². The fourth-order valence-corrected chi connectivity index (χ4v) is 2.47. The van der Waals surface area contributed by atoms with Gasteiger partial charge in [0, 0.05) is 0 Å². The van der Waals surface area contributed by atoms with E-state index in [1.807, 2.05) is 17.5 Å². The van der Waals surface area contributed by atoms with E-state index in [9.17, 15) is 4.79 Å². The van der Waals surface area contributed by atoms with E-state index in [0.29, 0.717) is 12.3 Å². The minimum absolute atomic E-state index is 0.233. The summed E-state index contributed by atoms with van der Waals surface area (Å²) in [4.78, 5) is 12.3. The molecule has 0 bridgehead atoms. The molecule has 13 heavy (non-hydrogen) atoms. The predicted molar refractivity (Wildman–Crippen MR) is 59.6 cm³/mol. The molecule has 4 heteroatoms. The summed E-state index contributed by atoms with van der Waals surface area (Å²) < 4.78 is 0. The SMILES string of the molecule is NCCCSCC(=O)c1cccs1. The highest BCUT2D eigenvalue weighted by molar-refractivity contribution is 7.99. The lowest BCUT2D eigenvalue weighted by Gasteiger charge is -1.97. The molecular weight excluding hydrogens is 202 g/mol. The Bertz CT molecular complexity index is 246. The molecule has 1 aromatic heterocycles. The van der Waals surface area contributed by atoms with Gasteiger partial charge in [-0.25, -0.2) is 0 Å². The van der Waals surface area contributed by atoms with Crippen LogP contribution in [0.15, 0.2) is 17.5 Å². The average molecular weight is 215 g/mol. The summed E-state index contributed by atoms with van der Waals surface area (Å²) in [5.74, 6) is 1.80. The van der Waals surface area contributed by atoms with Crippen LogP contribution in [0.4, 0.5) is 0 Å². The van der Waals surface area contributed by atoms with Crippen molar-refractivity contribution in [2.45, 2.75) is 6.42 Å². The van der Waals surface area contributed by atoms with Gasteiger partial charge in [0.15, 0.2) is 5.78 Å². The first kappa shape index (κ1) is 10.8. The number of carbonyl (C=O) groups excluding carboxylic acids is 1. The number of hydrogen-bond acceptors (Lipinski definition) is 4. The largest absolute Gasteiger partial charge is 0.330 e. The molecule has 1 heterocycles. The minimum atomic E-state index is 0.233. The number of thiophene rings is 1. The van der Waals surface area contributed by atoms with Crippen molar-refractivity contribution in [3.63, 3.8) is 0 Å². The van der Waals surface area contributed by atoms with Crippen LogP contribution in [0, 0.1) is 0 Å². The number of hydrogen-bond donors (Lipinski definition) is 1. The zero-order valence-electron chi connectivity index (χ0n) is 7.36. The quantitative estimate of drug-likeness (QED) is 0.583. The van der Waals surface area contributed by atoms with E-state index in [0.717, 1.165) is 17.1 Å². The van der Waals surface area contributed by atoms with E-state index in [-0.39, 0.29) is 5.78 Å². The standard InChI is InChI=1S/C9H13NOS2/c10-4-2-5-12-7-8(11)9-3-1-6-13-9/h1,3,6H,2,4-5,7,10H2. The zero-order valence-corrected chi connectivity index (χ0v) is 9.00. The Morgan fingerprint density at radius 3 is 3.08 bits per heavy atom. The topological polar surface area (TPSA) is 43.1 Å². The molecule has 2 nitrogen and oxygen atoms in total. The molecule has 72 valence electrons. The Balaban J connectivity index is 2.19. The summed E-state index contributed by atoms with van der Waals surface area (Å²) in [5, 5.41) is 1.93. The van der Waals surface area contributed by atoms with Crippen LogP contribution in [-0.4, -0.2) is 23.8 Å². The van der Waals surface area contributed by atoms with Gasteiger partial charge < -0.3 is 5.73 Å². The number of Topliss-reactive ketones (excluding diaryl/α,β-unsaturated/α-hetero) is 1. The first-order valence-corrected chi connectivity index (χ1v) is 6.22. The van der Waals surface area contributed by atoms with Gasteiger partial charge in [0.2, 0.25) is 0 Å². The molecule has 0 aliphatic heterocycles. The van der Waals surface area contributed by atoms with Gasteiger partial charge in [0.25, 0.3) is 0 Å². The van der Waals surface area contributed by atoms with E-state index in [4.69, 9.17) is 5.73 Å². The number of rotatable bonds is 6. The molecule has 0 spiro atoms. The van der Waals surface area contributed by atoms with E-state index in [1.165, 1.54) is 11.3 Å². The van der Waals surface area contributed by atoms with Gasteiger partial charge >= 0.3 is 0 Å². The van der Waals surface area contributed by atoms with Crippen LogP contribution in [0.25, 0.3) is 0 Å². The van der Waals surface area contributed by atoms with Gasteiger partial charge in [-0.3, -0.25) is 4.79 Å². The van der Waals surface area contributed by atoms with Crippen LogP contribution in [0.1, 0.15) is 16.1 Å². The number of ketones is 1. The molecule has 0 saturated heterocycles. The van der Waals surface area contributed by atoms with Gasteiger partial charge in [0.05, 0.1) is 10.6 Å². The Kier molecular flexibility index (Phi) is 5.12. The fraction of sp³-hybridized carbons (Fsp3) is 0.444. The van der Waals surface area contributed by atoms with Gasteiger partial charge in [-0.15, -0.1) is 11.3 Å². The zero-order chi connectivity index (χ0) is 9.52. The van der Waals surface area contributed by atoms with Crippen molar-refractivity contribution in [2.75, 3.05) is 18.1 Å². The van der Waals surface area contributed by atoms with Crippen molar-refractivity contribution in [1.82, 2.24) is 0 Å². The maximum Gasteiger partial charge on any atom is 0.182 e. The molecule has 2 N–H and O–H groups in total. The highest BCUT2D eigenvalue weighted by atomic mass is 32.2. The Labute approximate surface area is 86.5 Å². The molecule has 0 aliphatic rings. The molecule has 1 rings (SSSR count). The molecular formula is C9H13NOS2. The van der Waals surface area contributed by atoms with Gasteiger partial charge in [-0.1, -0.05) is 6.07 Å². The van der Waals surface area contributed by atoms with Crippen molar-refractivity contribution in [1.29, 1.82) is 0 Å². The second-order valence-corrected chi connectivity index (χ2v) is 4.65. The maximum absolute atomic E-state index is 11.4. The normalized spacial score (nSPS) is 10.2. The van der Waals surface area contributed by atoms with Crippen molar-refractivity contribution < 1.29 is 4.79 Å². The van der Waals surface area contributed by atoms with Crippen LogP contribution in [0.3, 0.4) is 0 Å². The number of thioether (sulfide) groups is 1. The third-order valence-corrected chi connectivity index (χ3v) is 3.48. The van der Waals surface area contributed by atoms with Crippen LogP contribution in [-0.2, 0) is 0 Å². The van der Waals surface area contributed by atoms with Crippen LogP contribution < -0.4 is 5.73 Å². The van der Waals surface area contributed by atoms with Crippen LogP contribution >= 0.6 is 23.1 Å². The van der Waals surface area contributed by atoms with Gasteiger partial charge in [-0.05, 0) is 30.2 Å². The fourth-order valence-electron chi connectivity index (χ4n) is 0.859. The molecule has 0 saturated carbocycles. The lowest BCUT2D eigenvalue weighted by molar-refractivity contribution is 0.102. The monoisotopic (exact) mass is 215 g/mol. The summed E-state index contributed by atoms with van der Waals surface area (Å²) in [6.07, 6.45) is 0.988. The molecule has 1 aromatic rings. The average Bonchev–Trinajstić information content (AvgIpc) is 2.65. The Hall–Kier alpha value is -0.320. The molecule has 0 atom stereocenters. The molecule has 0 fully saturated rings. The van der Waals surface area contributed by atoms with Gasteiger partial charge in [0.1, 0.15) is 0 Å². The summed E-state index contributed by atoms with van der Waals surface area (Å²) in [7, 11) is 0. The lowest BCUT2D eigenvalue weighted by Crippen LogP contribution is -2.03. The van der Waals surface area contributed by atoms with E-state index in [2.05, 4.69) is 0 Å². The smallest absolute Gasteiger partial charge is 0.182 e. The maximum atomic E-state index is 11.4. The second-order valence-electron chi connectivity index (χ2n) is 2.60. The first-order chi connectivity index (χ1) is 6.34.